The van der Waals surface area contributed by atoms with Gasteiger partial charge in [-0.15, -0.1) is 0 Å². The Hall–Kier alpha value is -2.98. The van der Waals surface area contributed by atoms with Crippen molar-refractivity contribution in [2.45, 2.75) is 32.6 Å². The fourth-order valence-electron chi connectivity index (χ4n) is 2.86. The number of rotatable bonds is 8. The Morgan fingerprint density at radius 1 is 1.00 bits per heavy atom. The molecule has 154 valence electrons. The molecule has 0 atom stereocenters. The number of H-pyrrole nitrogens is 1. The van der Waals surface area contributed by atoms with E-state index < -0.39 is 10.0 Å². The van der Waals surface area contributed by atoms with E-state index in [1.54, 1.807) is 13.8 Å². The molecule has 0 unspecified atom stereocenters. The molecule has 10 heteroatoms. The first-order chi connectivity index (χ1) is 13.7. The van der Waals surface area contributed by atoms with Crippen molar-refractivity contribution in [1.82, 2.24) is 24.9 Å². The van der Waals surface area contributed by atoms with E-state index in [0.29, 0.717) is 29.7 Å². The van der Waals surface area contributed by atoms with Crippen molar-refractivity contribution in [2.24, 2.45) is 0 Å². The second kappa shape index (κ2) is 8.58. The number of benzene rings is 1. The van der Waals surface area contributed by atoms with E-state index in [9.17, 15) is 8.42 Å². The van der Waals surface area contributed by atoms with Crippen molar-refractivity contribution in [3.63, 3.8) is 0 Å². The first-order valence-corrected chi connectivity index (χ1v) is 10.7. The van der Waals surface area contributed by atoms with Gasteiger partial charge in [0.2, 0.25) is 16.0 Å². The summed E-state index contributed by atoms with van der Waals surface area (Å²) in [6.07, 6.45) is 0. The van der Waals surface area contributed by atoms with Crippen LogP contribution in [0.5, 0.6) is 0 Å². The average molecular weight is 416 g/mol. The molecule has 0 aliphatic carbocycles. The van der Waals surface area contributed by atoms with Crippen molar-refractivity contribution >= 4 is 27.5 Å². The van der Waals surface area contributed by atoms with E-state index in [1.807, 2.05) is 44.2 Å². The largest absolute Gasteiger partial charge is 0.353 e. The molecule has 1 aromatic carbocycles. The molecule has 0 aliphatic rings. The normalized spacial score (nSPS) is 11.4. The molecule has 0 aliphatic heterocycles. The quantitative estimate of drug-likeness (QED) is 0.417. The van der Waals surface area contributed by atoms with E-state index in [0.717, 1.165) is 11.4 Å². The highest BCUT2D eigenvalue weighted by atomic mass is 32.2. The number of aromatic nitrogens is 4. The zero-order valence-electron chi connectivity index (χ0n) is 16.9. The van der Waals surface area contributed by atoms with Crippen LogP contribution in [0.2, 0.25) is 0 Å². The zero-order chi connectivity index (χ0) is 21.0. The third-order valence-corrected chi connectivity index (χ3v) is 5.93. The number of sulfonamides is 1. The first kappa shape index (κ1) is 20.7. The van der Waals surface area contributed by atoms with Gasteiger partial charge >= 0.3 is 0 Å². The lowest BCUT2D eigenvalue weighted by molar-refractivity contribution is 0.581. The van der Waals surface area contributed by atoms with Gasteiger partial charge in [0.05, 0.1) is 11.4 Å². The minimum absolute atomic E-state index is 0.185. The Morgan fingerprint density at radius 3 is 2.38 bits per heavy atom. The van der Waals surface area contributed by atoms with Gasteiger partial charge in [0, 0.05) is 30.5 Å². The van der Waals surface area contributed by atoms with Crippen LogP contribution in [0, 0.1) is 27.7 Å². The van der Waals surface area contributed by atoms with E-state index >= 15 is 0 Å². The van der Waals surface area contributed by atoms with Gasteiger partial charge in [0.15, 0.2) is 0 Å². The highest BCUT2D eigenvalue weighted by Crippen LogP contribution is 2.18. The summed E-state index contributed by atoms with van der Waals surface area (Å²) >= 11 is 0. The Morgan fingerprint density at radius 2 is 1.72 bits per heavy atom. The van der Waals surface area contributed by atoms with Crippen LogP contribution in [-0.2, 0) is 10.0 Å². The molecule has 4 N–H and O–H groups in total. The van der Waals surface area contributed by atoms with Gasteiger partial charge in [-0.1, -0.05) is 17.7 Å². The third kappa shape index (κ3) is 5.30. The highest BCUT2D eigenvalue weighted by molar-refractivity contribution is 7.89. The molecule has 0 spiro atoms. The molecule has 0 saturated heterocycles. The molecule has 0 radical (unpaired) electrons. The minimum atomic E-state index is -3.63. The van der Waals surface area contributed by atoms with Crippen LogP contribution < -0.4 is 15.4 Å². The summed E-state index contributed by atoms with van der Waals surface area (Å²) in [5.41, 5.74) is 3.86. The number of anilines is 3. The molecule has 0 bridgehead atoms. The van der Waals surface area contributed by atoms with Crippen LogP contribution in [-0.4, -0.2) is 41.7 Å². The summed E-state index contributed by atoms with van der Waals surface area (Å²) in [6.45, 7) is 7.76. The maximum Gasteiger partial charge on any atom is 0.244 e. The molecule has 2 aromatic heterocycles. The van der Waals surface area contributed by atoms with Gasteiger partial charge in [0.25, 0.3) is 0 Å². The molecule has 3 rings (SSSR count). The van der Waals surface area contributed by atoms with Gasteiger partial charge in [-0.2, -0.15) is 10.1 Å². The Bertz CT molecular complexity index is 1070. The first-order valence-electron chi connectivity index (χ1n) is 9.19. The van der Waals surface area contributed by atoms with Gasteiger partial charge in [-0.25, -0.2) is 18.1 Å². The summed E-state index contributed by atoms with van der Waals surface area (Å²) in [7, 11) is -3.63. The molecule has 3 aromatic rings. The molecule has 29 heavy (non-hydrogen) atoms. The Kier molecular flexibility index (Phi) is 6.14. The zero-order valence-corrected chi connectivity index (χ0v) is 17.7. The third-order valence-electron chi connectivity index (χ3n) is 4.21. The van der Waals surface area contributed by atoms with E-state index in [1.165, 1.54) is 5.56 Å². The summed E-state index contributed by atoms with van der Waals surface area (Å²) in [6, 6.07) is 9.84. The summed E-state index contributed by atoms with van der Waals surface area (Å²) in [5.74, 6) is 1.09. The van der Waals surface area contributed by atoms with Gasteiger partial charge in [-0.05, 0) is 39.8 Å². The number of aryl methyl sites for hydroxylation is 4. The fourth-order valence-corrected chi connectivity index (χ4v) is 4.26. The predicted octanol–water partition coefficient (Wildman–Crippen LogP) is 2.57. The van der Waals surface area contributed by atoms with Crippen LogP contribution in [0.25, 0.3) is 0 Å². The number of hydrogen-bond donors (Lipinski definition) is 4. The summed E-state index contributed by atoms with van der Waals surface area (Å²) in [4.78, 5) is 8.97. The van der Waals surface area contributed by atoms with Crippen LogP contribution in [0.3, 0.4) is 0 Å². The van der Waals surface area contributed by atoms with E-state index in [-0.39, 0.29) is 11.4 Å². The second-order valence-electron chi connectivity index (χ2n) is 6.80. The van der Waals surface area contributed by atoms with Crippen molar-refractivity contribution in [3.05, 3.63) is 53.0 Å². The van der Waals surface area contributed by atoms with Crippen LogP contribution in [0.15, 0.2) is 35.2 Å². The van der Waals surface area contributed by atoms with Crippen LogP contribution in [0.1, 0.15) is 22.6 Å². The van der Waals surface area contributed by atoms with Crippen molar-refractivity contribution in [2.75, 3.05) is 23.7 Å². The number of nitrogens with one attached hydrogen (secondary N) is 4. The maximum atomic E-state index is 12.4. The number of nitrogens with zero attached hydrogens (tertiary/aromatic N) is 3. The SMILES string of the molecule is Cc1ccc(Nc2cc(C)nc(NCCNS(=O)(=O)c3c(C)n[nH]c3C)n2)cc1. The number of aromatic amines is 1. The average Bonchev–Trinajstić information content (AvgIpc) is 2.99. The highest BCUT2D eigenvalue weighted by Gasteiger charge is 2.21. The van der Waals surface area contributed by atoms with E-state index in [2.05, 4.69) is 35.5 Å². The predicted molar refractivity (Wildman–Crippen MR) is 113 cm³/mol. The molecule has 0 saturated carbocycles. The van der Waals surface area contributed by atoms with Gasteiger partial charge < -0.3 is 10.6 Å². The fraction of sp³-hybridized carbons (Fsp3) is 0.316. The van der Waals surface area contributed by atoms with Crippen LogP contribution >= 0.6 is 0 Å². The standard InChI is InChI=1S/C19H25N7O2S/c1-12-5-7-16(8-6-12)23-17-11-13(2)22-19(24-17)20-9-10-21-29(27,28)18-14(3)25-26-15(18)4/h5-8,11,21H,9-10H2,1-4H3,(H,25,26)(H2,20,22,23,24). The maximum absolute atomic E-state index is 12.4. The smallest absolute Gasteiger partial charge is 0.244 e. The van der Waals surface area contributed by atoms with Gasteiger partial charge in [0.1, 0.15) is 10.7 Å². The molecular weight excluding hydrogens is 390 g/mol. The van der Waals surface area contributed by atoms with E-state index in [4.69, 9.17) is 0 Å². The minimum Gasteiger partial charge on any atom is -0.353 e. The molecule has 9 nitrogen and oxygen atoms in total. The topological polar surface area (TPSA) is 125 Å². The summed E-state index contributed by atoms with van der Waals surface area (Å²) in [5, 5.41) is 12.9. The second-order valence-corrected chi connectivity index (χ2v) is 8.50. The molecule has 0 fully saturated rings. The van der Waals surface area contributed by atoms with Crippen molar-refractivity contribution in [1.29, 1.82) is 0 Å². The lowest BCUT2D eigenvalue weighted by Gasteiger charge is -2.11. The van der Waals surface area contributed by atoms with Crippen molar-refractivity contribution in [3.8, 4) is 0 Å². The number of hydrogen-bond acceptors (Lipinski definition) is 7. The lowest BCUT2D eigenvalue weighted by Crippen LogP contribution is -2.30. The van der Waals surface area contributed by atoms with Gasteiger partial charge in [-0.3, -0.25) is 5.10 Å². The Balaban J connectivity index is 1.59. The monoisotopic (exact) mass is 415 g/mol. The summed E-state index contributed by atoms with van der Waals surface area (Å²) < 4.78 is 27.4. The lowest BCUT2D eigenvalue weighted by atomic mass is 10.2. The molecule has 0 amide bonds. The molecular formula is C19H25N7O2S. The molecule has 2 heterocycles. The Labute approximate surface area is 170 Å². The van der Waals surface area contributed by atoms with Crippen molar-refractivity contribution < 1.29 is 8.42 Å². The van der Waals surface area contributed by atoms with Crippen LogP contribution in [0.4, 0.5) is 17.5 Å².